The monoisotopic (exact) mass is 435 g/mol. The number of nitrogens with zero attached hydrogens (tertiary/aromatic N) is 3. The molecular formula is C24H29N5O3. The molecule has 0 aliphatic rings. The van der Waals surface area contributed by atoms with E-state index in [1.165, 1.54) is 5.56 Å². The number of carboxylic acids is 1. The average Bonchev–Trinajstić information content (AvgIpc) is 3.32. The summed E-state index contributed by atoms with van der Waals surface area (Å²) in [6.07, 6.45) is 3.90. The Hall–Kier alpha value is -3.55. The van der Waals surface area contributed by atoms with Crippen molar-refractivity contribution < 1.29 is 14.7 Å². The van der Waals surface area contributed by atoms with Crippen molar-refractivity contribution in [2.24, 2.45) is 5.92 Å². The van der Waals surface area contributed by atoms with E-state index in [9.17, 15) is 9.59 Å². The molecule has 0 aliphatic carbocycles. The number of carbonyl (C=O) groups excluding carboxylic acids is 1. The fourth-order valence-corrected chi connectivity index (χ4v) is 3.61. The Bertz CT molecular complexity index is 1020. The van der Waals surface area contributed by atoms with Gasteiger partial charge in [-0.15, -0.1) is 10.2 Å². The van der Waals surface area contributed by atoms with Gasteiger partial charge in [-0.1, -0.05) is 68.8 Å². The molecule has 0 bridgehead atoms. The molecule has 1 heterocycles. The summed E-state index contributed by atoms with van der Waals surface area (Å²) < 4.78 is 0. The topological polar surface area (TPSA) is 121 Å². The van der Waals surface area contributed by atoms with Crippen molar-refractivity contribution in [3.63, 3.8) is 0 Å². The molecule has 3 N–H and O–H groups in total. The minimum absolute atomic E-state index is 0.140. The van der Waals surface area contributed by atoms with E-state index in [4.69, 9.17) is 5.11 Å². The number of hydrogen-bond donors (Lipinski definition) is 3. The lowest BCUT2D eigenvalue weighted by atomic mass is 9.97. The van der Waals surface area contributed by atoms with E-state index < -0.39 is 12.0 Å². The van der Waals surface area contributed by atoms with Crippen molar-refractivity contribution in [3.8, 4) is 22.5 Å². The summed E-state index contributed by atoms with van der Waals surface area (Å²) in [4.78, 5) is 23.2. The SMILES string of the molecule is CC(C)[C@H](NC(=O)CCCCCc1ccc(-c2ccccc2-c2nn[nH]n2)cc1)C(=O)O. The molecule has 1 atom stereocenters. The first-order chi connectivity index (χ1) is 15.5. The first-order valence-corrected chi connectivity index (χ1v) is 10.9. The van der Waals surface area contributed by atoms with Crippen LogP contribution in [-0.2, 0) is 16.0 Å². The molecule has 0 unspecified atom stereocenters. The van der Waals surface area contributed by atoms with Gasteiger partial charge in [-0.25, -0.2) is 4.79 Å². The maximum Gasteiger partial charge on any atom is 0.326 e. The highest BCUT2D eigenvalue weighted by Gasteiger charge is 2.22. The third kappa shape index (κ3) is 6.23. The van der Waals surface area contributed by atoms with Crippen LogP contribution >= 0.6 is 0 Å². The molecule has 0 spiro atoms. The van der Waals surface area contributed by atoms with Crippen LogP contribution in [0.1, 0.15) is 45.1 Å². The highest BCUT2D eigenvalue weighted by molar-refractivity contribution is 5.83. The minimum atomic E-state index is -0.989. The van der Waals surface area contributed by atoms with E-state index in [0.29, 0.717) is 12.2 Å². The fraction of sp³-hybridized carbons (Fsp3) is 0.375. The molecule has 1 amide bonds. The highest BCUT2D eigenvalue weighted by atomic mass is 16.4. The Kier molecular flexibility index (Phi) is 8.08. The fourth-order valence-electron chi connectivity index (χ4n) is 3.61. The van der Waals surface area contributed by atoms with E-state index in [2.05, 4.69) is 50.2 Å². The number of unbranched alkanes of at least 4 members (excludes halogenated alkanes) is 2. The van der Waals surface area contributed by atoms with Crippen LogP contribution in [0.5, 0.6) is 0 Å². The zero-order chi connectivity index (χ0) is 22.9. The lowest BCUT2D eigenvalue weighted by molar-refractivity contribution is -0.143. The second-order valence-electron chi connectivity index (χ2n) is 8.17. The van der Waals surface area contributed by atoms with E-state index in [1.807, 2.05) is 24.3 Å². The Morgan fingerprint density at radius 2 is 1.72 bits per heavy atom. The molecule has 1 aromatic heterocycles. The van der Waals surface area contributed by atoms with Crippen molar-refractivity contribution in [2.75, 3.05) is 0 Å². The average molecular weight is 436 g/mol. The van der Waals surface area contributed by atoms with E-state index in [-0.39, 0.29) is 11.8 Å². The van der Waals surface area contributed by atoms with Gasteiger partial charge in [0.25, 0.3) is 0 Å². The van der Waals surface area contributed by atoms with Crippen LogP contribution in [0.3, 0.4) is 0 Å². The second-order valence-corrected chi connectivity index (χ2v) is 8.17. The Morgan fingerprint density at radius 1 is 1.00 bits per heavy atom. The van der Waals surface area contributed by atoms with Crippen LogP contribution in [0, 0.1) is 5.92 Å². The first kappa shape index (κ1) is 23.1. The number of nitrogens with one attached hydrogen (secondary N) is 2. The number of aromatic nitrogens is 4. The summed E-state index contributed by atoms with van der Waals surface area (Å²) in [5.41, 5.74) is 4.30. The number of H-pyrrole nitrogens is 1. The van der Waals surface area contributed by atoms with Crippen molar-refractivity contribution >= 4 is 11.9 Å². The van der Waals surface area contributed by atoms with Crippen molar-refractivity contribution in [2.45, 2.75) is 52.0 Å². The lowest BCUT2D eigenvalue weighted by Crippen LogP contribution is -2.44. The number of carboxylic acid groups (broad SMARTS) is 1. The number of tetrazole rings is 1. The van der Waals surface area contributed by atoms with Gasteiger partial charge in [-0.3, -0.25) is 4.79 Å². The Morgan fingerprint density at radius 3 is 2.34 bits per heavy atom. The summed E-state index contributed by atoms with van der Waals surface area (Å²) in [6.45, 7) is 3.57. The van der Waals surface area contributed by atoms with Crippen molar-refractivity contribution in [3.05, 3.63) is 54.1 Å². The maximum atomic E-state index is 12.0. The van der Waals surface area contributed by atoms with Crippen LogP contribution in [0.2, 0.25) is 0 Å². The summed E-state index contributed by atoms with van der Waals surface area (Å²) in [5.74, 6) is -0.761. The third-order valence-corrected chi connectivity index (χ3v) is 5.40. The first-order valence-electron chi connectivity index (χ1n) is 10.9. The van der Waals surface area contributed by atoms with Crippen molar-refractivity contribution in [1.82, 2.24) is 25.9 Å². The Balaban J connectivity index is 1.47. The zero-order valence-electron chi connectivity index (χ0n) is 18.4. The van der Waals surface area contributed by atoms with Gasteiger partial charge in [0.15, 0.2) is 0 Å². The molecule has 8 nitrogen and oxygen atoms in total. The van der Waals surface area contributed by atoms with Crippen LogP contribution in [-0.4, -0.2) is 43.6 Å². The molecule has 3 aromatic rings. The standard InChI is InChI=1S/C24H29N5O3/c1-16(2)22(24(31)32)25-21(30)11-5-3-4-8-17-12-14-18(15-13-17)19-9-6-7-10-20(19)23-26-28-29-27-23/h6-7,9-10,12-16,22H,3-5,8,11H2,1-2H3,(H,25,30)(H,31,32)(H,26,27,28,29)/t22-/m0/s1. The molecular weight excluding hydrogens is 406 g/mol. The molecule has 0 saturated carbocycles. The number of aliphatic carboxylic acids is 1. The largest absolute Gasteiger partial charge is 0.480 e. The summed E-state index contributed by atoms with van der Waals surface area (Å²) in [7, 11) is 0. The molecule has 0 radical (unpaired) electrons. The van der Waals surface area contributed by atoms with Gasteiger partial charge < -0.3 is 10.4 Å². The van der Waals surface area contributed by atoms with Crippen LogP contribution < -0.4 is 5.32 Å². The number of rotatable bonds is 11. The zero-order valence-corrected chi connectivity index (χ0v) is 18.4. The molecule has 0 saturated heterocycles. The second kappa shape index (κ2) is 11.2. The van der Waals surface area contributed by atoms with E-state index in [1.54, 1.807) is 13.8 Å². The number of aryl methyl sites for hydroxylation is 1. The summed E-state index contributed by atoms with van der Waals surface area (Å²) >= 11 is 0. The highest BCUT2D eigenvalue weighted by Crippen LogP contribution is 2.29. The molecule has 0 fully saturated rings. The number of hydrogen-bond acceptors (Lipinski definition) is 5. The number of benzene rings is 2. The van der Waals surface area contributed by atoms with Gasteiger partial charge in [0.2, 0.25) is 11.7 Å². The molecule has 168 valence electrons. The van der Waals surface area contributed by atoms with E-state index in [0.717, 1.165) is 42.4 Å². The molecule has 8 heteroatoms. The summed E-state index contributed by atoms with van der Waals surface area (Å²) in [5, 5.41) is 26.1. The molecule has 32 heavy (non-hydrogen) atoms. The van der Waals surface area contributed by atoms with E-state index >= 15 is 0 Å². The number of amides is 1. The molecule has 3 rings (SSSR count). The van der Waals surface area contributed by atoms with Gasteiger partial charge >= 0.3 is 5.97 Å². The quantitative estimate of drug-likeness (QED) is 0.393. The maximum absolute atomic E-state index is 12.0. The van der Waals surface area contributed by atoms with Crippen LogP contribution in [0.4, 0.5) is 0 Å². The molecule has 2 aromatic carbocycles. The smallest absolute Gasteiger partial charge is 0.326 e. The summed E-state index contributed by atoms with van der Waals surface area (Å²) in [6, 6.07) is 15.6. The van der Waals surface area contributed by atoms with Gasteiger partial charge in [-0.05, 0) is 47.1 Å². The third-order valence-electron chi connectivity index (χ3n) is 5.40. The van der Waals surface area contributed by atoms with Crippen molar-refractivity contribution in [1.29, 1.82) is 0 Å². The van der Waals surface area contributed by atoms with Gasteiger partial charge in [0.1, 0.15) is 6.04 Å². The van der Waals surface area contributed by atoms with Crippen LogP contribution in [0.15, 0.2) is 48.5 Å². The van der Waals surface area contributed by atoms with Gasteiger partial charge in [0.05, 0.1) is 0 Å². The minimum Gasteiger partial charge on any atom is -0.480 e. The van der Waals surface area contributed by atoms with Gasteiger partial charge in [0, 0.05) is 12.0 Å². The number of carbonyl (C=O) groups is 2. The Labute approximate surface area is 187 Å². The normalized spacial score (nSPS) is 12.0. The predicted octanol–water partition coefficient (Wildman–Crippen LogP) is 3.86. The molecule has 0 aliphatic heterocycles. The van der Waals surface area contributed by atoms with Crippen LogP contribution in [0.25, 0.3) is 22.5 Å². The lowest BCUT2D eigenvalue weighted by Gasteiger charge is -2.17. The number of aromatic amines is 1. The van der Waals surface area contributed by atoms with Gasteiger partial charge in [-0.2, -0.15) is 5.21 Å². The predicted molar refractivity (Wildman–Crippen MR) is 122 cm³/mol.